The number of nitrogens with one attached hydrogen (secondary N) is 1. The van der Waals surface area contributed by atoms with Gasteiger partial charge in [-0.3, -0.25) is 15.0 Å². The smallest absolute Gasteiger partial charge is 0.241 e. The fourth-order valence-corrected chi connectivity index (χ4v) is 6.86. The molecule has 0 aliphatic carbocycles. The van der Waals surface area contributed by atoms with Crippen LogP contribution in [0.5, 0.6) is 0 Å². The summed E-state index contributed by atoms with van der Waals surface area (Å²) in [6.07, 6.45) is 6.19. The van der Waals surface area contributed by atoms with Crippen LogP contribution >= 0.6 is 11.8 Å². The molecule has 6 heterocycles. The van der Waals surface area contributed by atoms with Crippen LogP contribution in [0.1, 0.15) is 43.0 Å². The van der Waals surface area contributed by atoms with E-state index in [9.17, 15) is 4.79 Å². The predicted octanol–water partition coefficient (Wildman–Crippen LogP) is 0.933. The Bertz CT molecular complexity index is 1010. The highest BCUT2D eigenvalue weighted by molar-refractivity contribution is 8.00. The molecule has 9 nitrogen and oxygen atoms in total. The summed E-state index contributed by atoms with van der Waals surface area (Å²) in [7, 11) is 0. The van der Waals surface area contributed by atoms with Crippen LogP contribution in [0, 0.1) is 6.92 Å². The van der Waals surface area contributed by atoms with Crippen LogP contribution in [-0.4, -0.2) is 86.4 Å². The Morgan fingerprint density at radius 2 is 2.12 bits per heavy atom. The molecule has 4 aliphatic rings. The van der Waals surface area contributed by atoms with Gasteiger partial charge in [-0.15, -0.1) is 11.8 Å². The van der Waals surface area contributed by atoms with Crippen molar-refractivity contribution in [1.29, 1.82) is 0 Å². The van der Waals surface area contributed by atoms with Crippen molar-refractivity contribution in [2.45, 2.75) is 56.2 Å². The molecular formula is C22H32N8OS. The minimum Gasteiger partial charge on any atom is -0.355 e. The molecule has 32 heavy (non-hydrogen) atoms. The van der Waals surface area contributed by atoms with E-state index in [2.05, 4.69) is 39.2 Å². The number of fused-ring (bicyclic) bond motifs is 2. The second-order valence-corrected chi connectivity index (χ2v) is 10.8. The number of aryl methyl sites for hydroxylation is 1. The molecule has 4 fully saturated rings. The molecule has 2 aromatic heterocycles. The Hall–Kier alpha value is -1.88. The number of nitrogens with zero attached hydrogens (tertiary/aromatic N) is 6. The molecular weight excluding hydrogens is 424 g/mol. The van der Waals surface area contributed by atoms with E-state index in [1.54, 1.807) is 0 Å². The van der Waals surface area contributed by atoms with Gasteiger partial charge in [0, 0.05) is 62.3 Å². The summed E-state index contributed by atoms with van der Waals surface area (Å²) >= 11 is 1.90. The van der Waals surface area contributed by atoms with E-state index in [1.165, 1.54) is 0 Å². The molecule has 172 valence electrons. The number of carbonyl (C=O) groups is 1. The largest absolute Gasteiger partial charge is 0.355 e. The van der Waals surface area contributed by atoms with Gasteiger partial charge in [-0.25, -0.2) is 9.50 Å². The van der Waals surface area contributed by atoms with Crippen molar-refractivity contribution in [3.8, 4) is 0 Å². The van der Waals surface area contributed by atoms with E-state index in [4.69, 9.17) is 15.8 Å². The van der Waals surface area contributed by atoms with Crippen molar-refractivity contribution in [2.75, 3.05) is 43.4 Å². The van der Waals surface area contributed by atoms with E-state index in [0.29, 0.717) is 5.50 Å². The first-order valence-corrected chi connectivity index (χ1v) is 12.9. The van der Waals surface area contributed by atoms with Gasteiger partial charge in [0.2, 0.25) is 5.91 Å². The molecule has 3 N–H and O–H groups in total. The van der Waals surface area contributed by atoms with Crippen molar-refractivity contribution in [3.05, 3.63) is 23.5 Å². The third kappa shape index (κ3) is 3.57. The van der Waals surface area contributed by atoms with Gasteiger partial charge < -0.3 is 15.5 Å². The molecule has 0 spiro atoms. The van der Waals surface area contributed by atoms with Crippen molar-refractivity contribution < 1.29 is 4.79 Å². The number of nitrogens with two attached hydrogens (primary N) is 1. The zero-order valence-electron chi connectivity index (χ0n) is 18.6. The van der Waals surface area contributed by atoms with Crippen molar-refractivity contribution in [3.63, 3.8) is 0 Å². The maximum Gasteiger partial charge on any atom is 0.241 e. The Morgan fingerprint density at radius 3 is 2.94 bits per heavy atom. The lowest BCUT2D eigenvalue weighted by atomic mass is 9.98. The van der Waals surface area contributed by atoms with E-state index in [-0.39, 0.29) is 24.0 Å². The maximum atomic E-state index is 13.5. The van der Waals surface area contributed by atoms with Crippen LogP contribution in [-0.2, 0) is 4.79 Å². The SMILES string of the molecule is Cc1cn2nc([C@@H]3CCCCN3C(=O)C3CN4CCSC4N3)cc2nc1N1CC[C@H](N)C1. The van der Waals surface area contributed by atoms with Crippen molar-refractivity contribution in [2.24, 2.45) is 5.73 Å². The number of likely N-dealkylation sites (tertiary alicyclic amines) is 1. The van der Waals surface area contributed by atoms with Gasteiger partial charge in [0.15, 0.2) is 5.65 Å². The van der Waals surface area contributed by atoms with Gasteiger partial charge in [0.05, 0.1) is 11.7 Å². The lowest BCUT2D eigenvalue weighted by molar-refractivity contribution is -0.136. The monoisotopic (exact) mass is 456 g/mol. The number of hydrogen-bond acceptors (Lipinski definition) is 8. The first kappa shape index (κ1) is 20.7. The summed E-state index contributed by atoms with van der Waals surface area (Å²) in [5, 5.41) is 8.42. The van der Waals surface area contributed by atoms with E-state index in [0.717, 1.165) is 86.9 Å². The van der Waals surface area contributed by atoms with Gasteiger partial charge in [-0.1, -0.05) is 0 Å². The molecule has 4 saturated heterocycles. The minimum atomic E-state index is -0.114. The van der Waals surface area contributed by atoms with Gasteiger partial charge in [0.25, 0.3) is 0 Å². The number of aromatic nitrogens is 3. The van der Waals surface area contributed by atoms with Crippen LogP contribution < -0.4 is 16.0 Å². The molecule has 2 aromatic rings. The fourth-order valence-electron chi connectivity index (χ4n) is 5.64. The maximum absolute atomic E-state index is 13.5. The fraction of sp³-hybridized carbons (Fsp3) is 0.682. The number of rotatable bonds is 3. The first-order valence-electron chi connectivity index (χ1n) is 11.9. The third-order valence-corrected chi connectivity index (χ3v) is 8.49. The molecule has 0 saturated carbocycles. The molecule has 4 aliphatic heterocycles. The van der Waals surface area contributed by atoms with Gasteiger partial charge in [-0.05, 0) is 32.6 Å². The lowest BCUT2D eigenvalue weighted by Gasteiger charge is -2.36. The zero-order chi connectivity index (χ0) is 21.8. The standard InChI is InChI=1S/C22H32N8OS/c1-14-11-30-19(25-20(14)27-7-5-15(23)12-27)10-16(26-30)18-4-2-3-6-29(18)21(31)17-13-28-8-9-32-22(28)24-17/h10-11,15,17-18,22,24H,2-9,12-13,23H2,1H3/t15-,17?,18-,22?/m0/s1. The highest BCUT2D eigenvalue weighted by atomic mass is 32.2. The summed E-state index contributed by atoms with van der Waals surface area (Å²) in [6, 6.07) is 2.20. The molecule has 0 bridgehead atoms. The Balaban J connectivity index is 1.26. The number of carbonyl (C=O) groups excluding carboxylic acids is 1. The molecule has 6 rings (SSSR count). The van der Waals surface area contributed by atoms with Crippen LogP contribution in [0.25, 0.3) is 5.65 Å². The lowest BCUT2D eigenvalue weighted by Crippen LogP contribution is -2.49. The number of hydrogen-bond donors (Lipinski definition) is 2. The summed E-state index contributed by atoms with van der Waals surface area (Å²) in [4.78, 5) is 25.2. The quantitative estimate of drug-likeness (QED) is 0.705. The van der Waals surface area contributed by atoms with Gasteiger partial charge >= 0.3 is 0 Å². The average molecular weight is 457 g/mol. The zero-order valence-corrected chi connectivity index (χ0v) is 19.4. The topological polar surface area (TPSA) is 95.0 Å². The number of thioether (sulfide) groups is 1. The van der Waals surface area contributed by atoms with Crippen LogP contribution in [0.15, 0.2) is 12.3 Å². The average Bonchev–Trinajstić information content (AvgIpc) is 3.56. The van der Waals surface area contributed by atoms with E-state index < -0.39 is 0 Å². The van der Waals surface area contributed by atoms with E-state index >= 15 is 0 Å². The van der Waals surface area contributed by atoms with Crippen LogP contribution in [0.3, 0.4) is 0 Å². The summed E-state index contributed by atoms with van der Waals surface area (Å²) in [6.45, 7) is 6.56. The molecule has 2 unspecified atom stereocenters. The highest BCUT2D eigenvalue weighted by Gasteiger charge is 2.42. The molecule has 0 radical (unpaired) electrons. The number of amides is 1. The predicted molar refractivity (Wildman–Crippen MR) is 126 cm³/mol. The Labute approximate surface area is 192 Å². The number of piperidine rings is 1. The van der Waals surface area contributed by atoms with Crippen LogP contribution in [0.2, 0.25) is 0 Å². The molecule has 10 heteroatoms. The molecule has 1 amide bonds. The third-order valence-electron chi connectivity index (χ3n) is 7.32. The van der Waals surface area contributed by atoms with Gasteiger partial charge in [0.1, 0.15) is 17.4 Å². The second-order valence-electron chi connectivity index (χ2n) is 9.59. The number of anilines is 1. The van der Waals surface area contributed by atoms with Crippen LogP contribution in [0.4, 0.5) is 5.82 Å². The summed E-state index contributed by atoms with van der Waals surface area (Å²) in [5.41, 5.74) is 9.31. The second kappa shape index (κ2) is 8.16. The Kier molecular flexibility index (Phi) is 5.28. The van der Waals surface area contributed by atoms with Crippen molar-refractivity contribution >= 4 is 29.1 Å². The summed E-state index contributed by atoms with van der Waals surface area (Å²) in [5.74, 6) is 2.36. The first-order chi connectivity index (χ1) is 15.6. The molecule has 0 aromatic carbocycles. The Morgan fingerprint density at radius 1 is 1.22 bits per heavy atom. The minimum absolute atomic E-state index is 0.0202. The normalized spacial score (nSPS) is 31.1. The van der Waals surface area contributed by atoms with Gasteiger partial charge in [-0.2, -0.15) is 5.10 Å². The summed E-state index contributed by atoms with van der Waals surface area (Å²) < 4.78 is 1.88. The van der Waals surface area contributed by atoms with E-state index in [1.807, 2.05) is 16.3 Å². The van der Waals surface area contributed by atoms with Crippen molar-refractivity contribution in [1.82, 2.24) is 29.7 Å². The highest BCUT2D eigenvalue weighted by Crippen LogP contribution is 2.34. The molecule has 4 atom stereocenters.